The van der Waals surface area contributed by atoms with Crippen molar-refractivity contribution >= 4 is 35.6 Å². The molecule has 0 atom stereocenters. The molecule has 1 saturated heterocycles. The molecule has 29 heavy (non-hydrogen) atoms. The number of nitrogens with one attached hydrogen (secondary N) is 1. The quantitative estimate of drug-likeness (QED) is 0.353. The van der Waals surface area contributed by atoms with E-state index < -0.39 is 0 Å². The molecular weight excluding hydrogens is 473 g/mol. The Hall–Kier alpha value is -1.64. The largest absolute Gasteiger partial charge is 0.370 e. The summed E-state index contributed by atoms with van der Waals surface area (Å²) < 4.78 is 0. The van der Waals surface area contributed by atoms with Crippen molar-refractivity contribution in [1.82, 2.24) is 9.80 Å². The Morgan fingerprint density at radius 1 is 0.931 bits per heavy atom. The van der Waals surface area contributed by atoms with Gasteiger partial charge in [-0.05, 0) is 54.8 Å². The molecule has 158 valence electrons. The minimum absolute atomic E-state index is 0. The number of nitrogens with two attached hydrogens (primary N) is 1. The summed E-state index contributed by atoms with van der Waals surface area (Å²) >= 11 is 0. The molecule has 0 spiro atoms. The van der Waals surface area contributed by atoms with Gasteiger partial charge in [-0.3, -0.25) is 4.90 Å². The van der Waals surface area contributed by atoms with Crippen molar-refractivity contribution in [3.05, 3.63) is 64.7 Å². The van der Waals surface area contributed by atoms with E-state index in [-0.39, 0.29) is 24.0 Å². The Kier molecular flexibility index (Phi) is 9.39. The third-order valence-electron chi connectivity index (χ3n) is 5.55. The van der Waals surface area contributed by atoms with E-state index >= 15 is 0 Å². The molecule has 6 heteroatoms. The van der Waals surface area contributed by atoms with E-state index in [1.165, 1.54) is 35.3 Å². The highest BCUT2D eigenvalue weighted by molar-refractivity contribution is 14.0. The van der Waals surface area contributed by atoms with Crippen LogP contribution in [0.3, 0.4) is 0 Å². The number of guanidine groups is 1. The van der Waals surface area contributed by atoms with Gasteiger partial charge in [0, 0.05) is 38.4 Å². The van der Waals surface area contributed by atoms with E-state index in [1.807, 2.05) is 6.07 Å². The summed E-state index contributed by atoms with van der Waals surface area (Å²) in [4.78, 5) is 9.51. The first-order valence-corrected chi connectivity index (χ1v) is 10.2. The molecule has 5 nitrogen and oxygen atoms in total. The van der Waals surface area contributed by atoms with E-state index in [2.05, 4.69) is 77.3 Å². The number of hydrogen-bond acceptors (Lipinski definition) is 3. The van der Waals surface area contributed by atoms with E-state index in [9.17, 15) is 0 Å². The monoisotopic (exact) mass is 507 g/mol. The number of rotatable bonds is 6. The van der Waals surface area contributed by atoms with Crippen LogP contribution in [0.15, 0.2) is 47.5 Å². The van der Waals surface area contributed by atoms with Gasteiger partial charge >= 0.3 is 0 Å². The lowest BCUT2D eigenvalue weighted by atomic mass is 10.1. The van der Waals surface area contributed by atoms with Crippen LogP contribution in [0.5, 0.6) is 0 Å². The second-order valence-electron chi connectivity index (χ2n) is 7.65. The van der Waals surface area contributed by atoms with Crippen LogP contribution in [0.25, 0.3) is 0 Å². The van der Waals surface area contributed by atoms with Gasteiger partial charge in [0.25, 0.3) is 0 Å². The topological polar surface area (TPSA) is 56.9 Å². The van der Waals surface area contributed by atoms with Gasteiger partial charge in [0.15, 0.2) is 5.96 Å². The van der Waals surface area contributed by atoms with Crippen LogP contribution >= 0.6 is 24.0 Å². The number of hydrogen-bond donors (Lipinski definition) is 2. The van der Waals surface area contributed by atoms with Gasteiger partial charge in [0.1, 0.15) is 0 Å². The van der Waals surface area contributed by atoms with Gasteiger partial charge < -0.3 is 16.0 Å². The van der Waals surface area contributed by atoms with Crippen LogP contribution < -0.4 is 11.1 Å². The summed E-state index contributed by atoms with van der Waals surface area (Å²) in [6.45, 7) is 13.9. The summed E-state index contributed by atoms with van der Waals surface area (Å²) in [5.41, 5.74) is 12.1. The summed E-state index contributed by atoms with van der Waals surface area (Å²) in [6.07, 6.45) is 0. The number of nitrogens with zero attached hydrogens (tertiary/aromatic N) is 3. The minimum Gasteiger partial charge on any atom is -0.370 e. The molecule has 0 radical (unpaired) electrons. The minimum atomic E-state index is 0. The Bertz CT molecular complexity index is 795. The summed E-state index contributed by atoms with van der Waals surface area (Å²) in [6, 6.07) is 14.9. The molecular formula is C23H34IN5. The molecule has 1 aliphatic heterocycles. The second kappa shape index (κ2) is 11.5. The predicted octanol–water partition coefficient (Wildman–Crippen LogP) is 3.99. The lowest BCUT2D eigenvalue weighted by molar-refractivity contribution is 0.132. The first kappa shape index (κ1) is 23.6. The van der Waals surface area contributed by atoms with Crippen LogP contribution in [-0.2, 0) is 13.1 Å². The van der Waals surface area contributed by atoms with Crippen molar-refractivity contribution in [2.75, 3.05) is 38.0 Å². The fraction of sp³-hybridized carbons (Fsp3) is 0.435. The molecule has 0 aromatic heterocycles. The number of aliphatic imine (C=N–C) groups is 1. The maximum absolute atomic E-state index is 6.05. The van der Waals surface area contributed by atoms with Gasteiger partial charge in [-0.1, -0.05) is 37.3 Å². The molecule has 3 N–H and O–H groups in total. The van der Waals surface area contributed by atoms with E-state index in [1.54, 1.807) is 0 Å². The number of anilines is 1. The van der Waals surface area contributed by atoms with Crippen molar-refractivity contribution in [3.63, 3.8) is 0 Å². The average molecular weight is 507 g/mol. The molecule has 0 saturated carbocycles. The highest BCUT2D eigenvalue weighted by Gasteiger charge is 2.15. The number of aryl methyl sites for hydroxylation is 2. The zero-order chi connectivity index (χ0) is 19.9. The summed E-state index contributed by atoms with van der Waals surface area (Å²) in [5.74, 6) is 0.445. The fourth-order valence-corrected chi connectivity index (χ4v) is 3.45. The van der Waals surface area contributed by atoms with Crippen molar-refractivity contribution in [3.8, 4) is 0 Å². The molecule has 0 unspecified atom stereocenters. The number of likely N-dealkylation sites (N-methyl/N-ethyl adjacent to an activating group) is 1. The van der Waals surface area contributed by atoms with Crippen molar-refractivity contribution in [2.45, 2.75) is 33.9 Å². The first-order chi connectivity index (χ1) is 13.5. The Labute approximate surface area is 192 Å². The highest BCUT2D eigenvalue weighted by atomic mass is 127. The first-order valence-electron chi connectivity index (χ1n) is 10.2. The number of halogens is 1. The fourth-order valence-electron chi connectivity index (χ4n) is 3.45. The van der Waals surface area contributed by atoms with E-state index in [0.29, 0.717) is 12.5 Å². The van der Waals surface area contributed by atoms with E-state index in [0.717, 1.165) is 31.9 Å². The summed E-state index contributed by atoms with van der Waals surface area (Å²) in [5, 5.41) is 3.17. The van der Waals surface area contributed by atoms with Crippen molar-refractivity contribution in [2.24, 2.45) is 10.7 Å². The number of piperazine rings is 1. The molecule has 0 bridgehead atoms. The van der Waals surface area contributed by atoms with Crippen LogP contribution in [0.4, 0.5) is 5.69 Å². The van der Waals surface area contributed by atoms with Gasteiger partial charge in [-0.25, -0.2) is 4.99 Å². The van der Waals surface area contributed by atoms with E-state index in [4.69, 9.17) is 5.73 Å². The maximum atomic E-state index is 6.05. The Balaban J connectivity index is 0.00000300. The lowest BCUT2D eigenvalue weighted by Crippen LogP contribution is -2.45. The molecule has 2 aromatic rings. The molecule has 3 rings (SSSR count). The normalized spacial score (nSPS) is 15.8. The zero-order valence-electron chi connectivity index (χ0n) is 17.8. The standard InChI is InChI=1S/C23H33N5.HI/c1-4-27-11-13-28(14-12-27)17-21-8-6-20(7-9-21)16-25-23(24)26-22-10-5-18(2)19(3)15-22;/h5-10,15H,4,11-14,16-17H2,1-3H3,(H3,24,25,26);1H. The lowest BCUT2D eigenvalue weighted by Gasteiger charge is -2.34. The molecule has 0 amide bonds. The average Bonchev–Trinajstić information content (AvgIpc) is 2.71. The maximum Gasteiger partial charge on any atom is 0.193 e. The molecule has 1 fully saturated rings. The third kappa shape index (κ3) is 7.28. The zero-order valence-corrected chi connectivity index (χ0v) is 20.1. The van der Waals surface area contributed by atoms with Crippen LogP contribution in [0.2, 0.25) is 0 Å². The highest BCUT2D eigenvalue weighted by Crippen LogP contribution is 2.14. The Morgan fingerprint density at radius 3 is 2.17 bits per heavy atom. The van der Waals surface area contributed by atoms with Gasteiger partial charge in [0.05, 0.1) is 6.54 Å². The van der Waals surface area contributed by atoms with Crippen LogP contribution in [0.1, 0.15) is 29.2 Å². The molecule has 2 aromatic carbocycles. The molecule has 0 aliphatic carbocycles. The van der Waals surface area contributed by atoms with Crippen LogP contribution in [0, 0.1) is 13.8 Å². The van der Waals surface area contributed by atoms with Gasteiger partial charge in [-0.15, -0.1) is 24.0 Å². The van der Waals surface area contributed by atoms with Gasteiger partial charge in [-0.2, -0.15) is 0 Å². The SMILES string of the molecule is CCN1CCN(Cc2ccc(CN=C(N)Nc3ccc(C)c(C)c3)cc2)CC1.I. The second-order valence-corrected chi connectivity index (χ2v) is 7.65. The third-order valence-corrected chi connectivity index (χ3v) is 5.55. The van der Waals surface area contributed by atoms with Crippen molar-refractivity contribution < 1.29 is 0 Å². The molecule has 1 heterocycles. The van der Waals surface area contributed by atoms with Crippen molar-refractivity contribution in [1.29, 1.82) is 0 Å². The smallest absolute Gasteiger partial charge is 0.193 e. The Morgan fingerprint density at radius 2 is 1.55 bits per heavy atom. The van der Waals surface area contributed by atoms with Crippen LogP contribution in [-0.4, -0.2) is 48.5 Å². The molecule has 1 aliphatic rings. The van der Waals surface area contributed by atoms with Gasteiger partial charge in [0.2, 0.25) is 0 Å². The summed E-state index contributed by atoms with van der Waals surface area (Å²) in [7, 11) is 0. The number of benzene rings is 2. The predicted molar refractivity (Wildman–Crippen MR) is 134 cm³/mol.